The minimum Gasteiger partial charge on any atom is -0.369 e. The van der Waals surface area contributed by atoms with Gasteiger partial charge in [-0.1, -0.05) is 6.92 Å². The number of carbonyl (C=O) groups excluding carboxylic acids is 1. The molecule has 0 saturated carbocycles. The van der Waals surface area contributed by atoms with E-state index < -0.39 is 23.4 Å². The molecule has 1 aromatic heterocycles. The number of rotatable bonds is 4. The first kappa shape index (κ1) is 13.5. The van der Waals surface area contributed by atoms with Gasteiger partial charge in [0.15, 0.2) is 0 Å². The number of amides is 1. The number of hydrogen-bond donors (Lipinski definition) is 1. The van der Waals surface area contributed by atoms with Crippen LogP contribution in [0.2, 0.25) is 0 Å². The van der Waals surface area contributed by atoms with Gasteiger partial charge in [-0.15, -0.1) is 0 Å². The molecule has 1 atom stereocenters. The van der Waals surface area contributed by atoms with Crippen molar-refractivity contribution in [2.75, 3.05) is 12.4 Å². The summed E-state index contributed by atoms with van der Waals surface area (Å²) in [6.07, 6.45) is 0.422. The molecule has 1 aromatic rings. The van der Waals surface area contributed by atoms with Crippen molar-refractivity contribution >= 4 is 11.6 Å². The Hall–Kier alpha value is -1.56. The fourth-order valence-corrected chi connectivity index (χ4v) is 1.16. The van der Waals surface area contributed by atoms with Gasteiger partial charge in [-0.05, 0) is 25.5 Å². The van der Waals surface area contributed by atoms with Gasteiger partial charge in [-0.3, -0.25) is 4.79 Å². The number of carbonyl (C=O) groups is 1. The molecular formula is C11H14F2N2O2. The smallest absolute Gasteiger partial charge is 0.256 e. The first-order chi connectivity index (χ1) is 7.92. The highest BCUT2D eigenvalue weighted by atomic mass is 19.1. The number of aromatic nitrogens is 1. The van der Waals surface area contributed by atoms with Crippen LogP contribution in [0.1, 0.15) is 20.3 Å². The van der Waals surface area contributed by atoms with Gasteiger partial charge in [-0.25, -0.2) is 0 Å². The topological polar surface area (TPSA) is 51.2 Å². The van der Waals surface area contributed by atoms with E-state index >= 15 is 0 Å². The van der Waals surface area contributed by atoms with E-state index in [-0.39, 0.29) is 5.69 Å². The summed E-state index contributed by atoms with van der Waals surface area (Å²) >= 11 is 0. The number of methoxy groups -OCH3 is 1. The van der Waals surface area contributed by atoms with Crippen molar-refractivity contribution in [3.05, 3.63) is 24.0 Å². The van der Waals surface area contributed by atoms with Crippen LogP contribution in [-0.2, 0) is 9.53 Å². The second kappa shape index (κ2) is 5.18. The van der Waals surface area contributed by atoms with Crippen molar-refractivity contribution in [2.45, 2.75) is 25.9 Å². The summed E-state index contributed by atoms with van der Waals surface area (Å²) < 4.78 is 30.8. The highest BCUT2D eigenvalue weighted by molar-refractivity contribution is 5.96. The average molecular weight is 244 g/mol. The Bertz CT molecular complexity index is 420. The molecule has 0 radical (unpaired) electrons. The van der Waals surface area contributed by atoms with Crippen LogP contribution < -0.4 is 5.32 Å². The number of anilines is 1. The normalized spacial score (nSPS) is 14.2. The van der Waals surface area contributed by atoms with E-state index in [1.54, 1.807) is 13.8 Å². The largest absolute Gasteiger partial charge is 0.369 e. The summed E-state index contributed by atoms with van der Waals surface area (Å²) in [6.45, 7) is 3.35. The second-order valence-corrected chi connectivity index (χ2v) is 3.72. The van der Waals surface area contributed by atoms with E-state index in [9.17, 15) is 13.6 Å². The fraction of sp³-hybridized carbons (Fsp3) is 0.455. The van der Waals surface area contributed by atoms with Crippen molar-refractivity contribution < 1.29 is 18.3 Å². The van der Waals surface area contributed by atoms with Crippen LogP contribution in [0.5, 0.6) is 0 Å². The van der Waals surface area contributed by atoms with Crippen LogP contribution >= 0.6 is 0 Å². The molecule has 0 saturated heterocycles. The summed E-state index contributed by atoms with van der Waals surface area (Å²) in [6, 6.07) is 2.08. The Balaban J connectivity index is 2.88. The highest BCUT2D eigenvalue weighted by Crippen LogP contribution is 2.19. The lowest BCUT2D eigenvalue weighted by Crippen LogP contribution is -2.41. The zero-order valence-electron chi connectivity index (χ0n) is 9.88. The van der Waals surface area contributed by atoms with Gasteiger partial charge < -0.3 is 10.1 Å². The van der Waals surface area contributed by atoms with Crippen LogP contribution in [0.25, 0.3) is 0 Å². The Labute approximate surface area is 98.0 Å². The predicted octanol–water partition coefficient (Wildman–Crippen LogP) is 2.11. The predicted molar refractivity (Wildman–Crippen MR) is 58.5 cm³/mol. The molecule has 0 fully saturated rings. The molecule has 4 nitrogen and oxygen atoms in total. The maximum atomic E-state index is 13.2. The quantitative estimate of drug-likeness (QED) is 0.825. The molecule has 1 N–H and O–H groups in total. The molecule has 0 aliphatic rings. The zero-order chi connectivity index (χ0) is 13.1. The third kappa shape index (κ3) is 2.97. The van der Waals surface area contributed by atoms with Gasteiger partial charge in [0.25, 0.3) is 5.91 Å². The molecule has 0 aliphatic carbocycles. The molecule has 94 valence electrons. The van der Waals surface area contributed by atoms with Crippen LogP contribution in [0, 0.1) is 11.9 Å². The third-order valence-corrected chi connectivity index (χ3v) is 2.67. The molecule has 1 amide bonds. The average Bonchev–Trinajstić information content (AvgIpc) is 2.31. The van der Waals surface area contributed by atoms with Crippen molar-refractivity contribution in [2.24, 2.45) is 0 Å². The monoisotopic (exact) mass is 244 g/mol. The minimum absolute atomic E-state index is 0.173. The van der Waals surface area contributed by atoms with Crippen LogP contribution in [0.3, 0.4) is 0 Å². The van der Waals surface area contributed by atoms with E-state index in [1.807, 2.05) is 0 Å². The highest BCUT2D eigenvalue weighted by Gasteiger charge is 2.31. The van der Waals surface area contributed by atoms with Gasteiger partial charge in [0.05, 0.1) is 5.69 Å². The lowest BCUT2D eigenvalue weighted by Gasteiger charge is -2.25. The van der Waals surface area contributed by atoms with Crippen LogP contribution in [-0.4, -0.2) is 23.6 Å². The van der Waals surface area contributed by atoms with Crippen molar-refractivity contribution in [3.8, 4) is 0 Å². The maximum Gasteiger partial charge on any atom is 0.256 e. The van der Waals surface area contributed by atoms with Gasteiger partial charge in [0.2, 0.25) is 11.9 Å². The molecule has 17 heavy (non-hydrogen) atoms. The van der Waals surface area contributed by atoms with Crippen LogP contribution in [0.15, 0.2) is 12.1 Å². The minimum atomic E-state index is -1.06. The van der Waals surface area contributed by atoms with Crippen molar-refractivity contribution in [3.63, 3.8) is 0 Å². The SMILES string of the molecule is CCC(C)(OC)C(=O)Nc1ccc(F)nc1F. The molecule has 0 aromatic carbocycles. The summed E-state index contributed by atoms with van der Waals surface area (Å²) in [5, 5.41) is 2.31. The first-order valence-electron chi connectivity index (χ1n) is 5.11. The number of hydrogen-bond acceptors (Lipinski definition) is 3. The van der Waals surface area contributed by atoms with Gasteiger partial charge >= 0.3 is 0 Å². The Morgan fingerprint density at radius 1 is 1.53 bits per heavy atom. The number of nitrogens with zero attached hydrogens (tertiary/aromatic N) is 1. The molecule has 1 unspecified atom stereocenters. The Morgan fingerprint density at radius 3 is 2.65 bits per heavy atom. The first-order valence-corrected chi connectivity index (χ1v) is 5.11. The van der Waals surface area contributed by atoms with Crippen LogP contribution in [0.4, 0.5) is 14.5 Å². The molecule has 0 spiro atoms. The summed E-state index contributed by atoms with van der Waals surface area (Å²) in [4.78, 5) is 14.8. The molecule has 1 heterocycles. The second-order valence-electron chi connectivity index (χ2n) is 3.72. The number of pyridine rings is 1. The lowest BCUT2D eigenvalue weighted by molar-refractivity contribution is -0.136. The van der Waals surface area contributed by atoms with Gasteiger partial charge in [0, 0.05) is 7.11 Å². The molecule has 1 rings (SSSR count). The lowest BCUT2D eigenvalue weighted by atomic mass is 10.0. The van der Waals surface area contributed by atoms with Gasteiger partial charge in [0.1, 0.15) is 5.60 Å². The number of ether oxygens (including phenoxy) is 1. The number of nitrogens with one attached hydrogen (secondary N) is 1. The summed E-state index contributed by atoms with van der Waals surface area (Å²) in [5.41, 5.74) is -1.23. The Kier molecular flexibility index (Phi) is 4.11. The van der Waals surface area contributed by atoms with E-state index in [1.165, 1.54) is 7.11 Å². The van der Waals surface area contributed by atoms with E-state index in [4.69, 9.17) is 4.74 Å². The number of halogens is 2. The fourth-order valence-electron chi connectivity index (χ4n) is 1.16. The van der Waals surface area contributed by atoms with Crippen molar-refractivity contribution in [1.29, 1.82) is 0 Å². The zero-order valence-corrected chi connectivity index (χ0v) is 9.88. The van der Waals surface area contributed by atoms with E-state index in [0.717, 1.165) is 12.1 Å². The Morgan fingerprint density at radius 2 is 2.18 bits per heavy atom. The molecule has 0 bridgehead atoms. The molecular weight excluding hydrogens is 230 g/mol. The van der Waals surface area contributed by atoms with Gasteiger partial charge in [-0.2, -0.15) is 13.8 Å². The maximum absolute atomic E-state index is 13.2. The molecule has 6 heteroatoms. The van der Waals surface area contributed by atoms with E-state index in [2.05, 4.69) is 10.3 Å². The third-order valence-electron chi connectivity index (χ3n) is 2.67. The molecule has 0 aliphatic heterocycles. The summed E-state index contributed by atoms with van der Waals surface area (Å²) in [5.74, 6) is -2.51. The van der Waals surface area contributed by atoms with E-state index in [0.29, 0.717) is 6.42 Å². The standard InChI is InChI=1S/C11H14F2N2O2/c1-4-11(2,17-3)10(16)14-7-5-6-8(12)15-9(7)13/h5-6H,4H2,1-3H3,(H,14,16). The summed E-state index contributed by atoms with van der Waals surface area (Å²) in [7, 11) is 1.39. The van der Waals surface area contributed by atoms with Crippen molar-refractivity contribution in [1.82, 2.24) is 4.98 Å².